The van der Waals surface area contributed by atoms with Crippen LogP contribution in [-0.4, -0.2) is 22.6 Å². The number of anilines is 1. The van der Waals surface area contributed by atoms with E-state index in [1.165, 1.54) is 37.7 Å². The molecule has 0 spiro atoms. The van der Waals surface area contributed by atoms with Gasteiger partial charge in [0.1, 0.15) is 0 Å². The first-order valence-corrected chi connectivity index (χ1v) is 7.51. The van der Waals surface area contributed by atoms with Gasteiger partial charge in [-0.3, -0.25) is 0 Å². The van der Waals surface area contributed by atoms with Crippen LogP contribution in [0.4, 0.5) is 5.95 Å². The highest BCUT2D eigenvalue weighted by Gasteiger charge is 2.25. The number of nitrogens with zero attached hydrogens (tertiary/aromatic N) is 3. The summed E-state index contributed by atoms with van der Waals surface area (Å²) in [6, 6.07) is 13.2. The zero-order valence-electron chi connectivity index (χ0n) is 11.8. The average molecular weight is 267 g/mol. The SMILES string of the molecule is c1ccc(CCCC2CCCN2c2ncccn2)cc1. The van der Waals surface area contributed by atoms with Crippen molar-refractivity contribution >= 4 is 5.95 Å². The van der Waals surface area contributed by atoms with Crippen molar-refractivity contribution in [3.05, 3.63) is 54.4 Å². The third-order valence-electron chi connectivity index (χ3n) is 4.03. The molecule has 104 valence electrons. The van der Waals surface area contributed by atoms with Crippen molar-refractivity contribution in [1.82, 2.24) is 9.97 Å². The van der Waals surface area contributed by atoms with E-state index >= 15 is 0 Å². The molecule has 1 aromatic heterocycles. The number of rotatable bonds is 5. The van der Waals surface area contributed by atoms with E-state index in [4.69, 9.17) is 0 Å². The number of aryl methyl sites for hydroxylation is 1. The lowest BCUT2D eigenvalue weighted by atomic mass is 10.0. The molecule has 0 radical (unpaired) electrons. The van der Waals surface area contributed by atoms with Crippen LogP contribution < -0.4 is 4.90 Å². The normalized spacial score (nSPS) is 18.4. The molecule has 0 aliphatic carbocycles. The zero-order valence-corrected chi connectivity index (χ0v) is 11.8. The Morgan fingerprint density at radius 1 is 1.05 bits per heavy atom. The van der Waals surface area contributed by atoms with Gasteiger partial charge in [0.2, 0.25) is 5.95 Å². The Hall–Kier alpha value is -1.90. The summed E-state index contributed by atoms with van der Waals surface area (Å²) in [5.74, 6) is 0.898. The maximum atomic E-state index is 4.39. The van der Waals surface area contributed by atoms with Crippen molar-refractivity contribution in [3.8, 4) is 0 Å². The standard InChI is InChI=1S/C17H21N3/c1-2-7-15(8-3-1)9-4-10-16-11-5-14-20(16)17-18-12-6-13-19-17/h1-3,6-8,12-13,16H,4-5,9-11,14H2. The molecule has 3 heteroatoms. The van der Waals surface area contributed by atoms with Gasteiger partial charge < -0.3 is 4.90 Å². The molecule has 0 N–H and O–H groups in total. The third-order valence-corrected chi connectivity index (χ3v) is 4.03. The van der Waals surface area contributed by atoms with Gasteiger partial charge in [0.15, 0.2) is 0 Å². The van der Waals surface area contributed by atoms with E-state index in [9.17, 15) is 0 Å². The maximum absolute atomic E-state index is 4.39. The van der Waals surface area contributed by atoms with Crippen LogP contribution >= 0.6 is 0 Å². The summed E-state index contributed by atoms with van der Waals surface area (Å²) in [4.78, 5) is 11.2. The molecule has 0 amide bonds. The molecule has 1 saturated heterocycles. The summed E-state index contributed by atoms with van der Waals surface area (Å²) in [6.45, 7) is 1.10. The molecule has 1 aliphatic rings. The molecule has 20 heavy (non-hydrogen) atoms. The van der Waals surface area contributed by atoms with E-state index in [1.807, 2.05) is 18.5 Å². The third kappa shape index (κ3) is 3.16. The summed E-state index contributed by atoms with van der Waals surface area (Å²) < 4.78 is 0. The van der Waals surface area contributed by atoms with Gasteiger partial charge in [-0.1, -0.05) is 30.3 Å². The van der Waals surface area contributed by atoms with Gasteiger partial charge in [-0.05, 0) is 43.7 Å². The van der Waals surface area contributed by atoms with E-state index in [0.717, 1.165) is 12.5 Å². The Labute approximate surface area is 120 Å². The van der Waals surface area contributed by atoms with Gasteiger partial charge in [0.05, 0.1) is 0 Å². The fraction of sp³-hybridized carbons (Fsp3) is 0.412. The second-order valence-electron chi connectivity index (χ2n) is 5.42. The van der Waals surface area contributed by atoms with Gasteiger partial charge >= 0.3 is 0 Å². The molecular weight excluding hydrogens is 246 g/mol. The lowest BCUT2D eigenvalue weighted by molar-refractivity contribution is 0.573. The second-order valence-corrected chi connectivity index (χ2v) is 5.42. The lowest BCUT2D eigenvalue weighted by Gasteiger charge is -2.24. The molecule has 1 aromatic carbocycles. The number of hydrogen-bond donors (Lipinski definition) is 0. The minimum atomic E-state index is 0.612. The molecule has 2 aromatic rings. The van der Waals surface area contributed by atoms with Gasteiger partial charge in [0, 0.05) is 25.0 Å². The van der Waals surface area contributed by atoms with Crippen LogP contribution in [-0.2, 0) is 6.42 Å². The number of benzene rings is 1. The van der Waals surface area contributed by atoms with E-state index in [1.54, 1.807) is 0 Å². The number of hydrogen-bond acceptors (Lipinski definition) is 3. The second kappa shape index (κ2) is 6.51. The van der Waals surface area contributed by atoms with Crippen LogP contribution in [0.15, 0.2) is 48.8 Å². The first-order valence-electron chi connectivity index (χ1n) is 7.51. The van der Waals surface area contributed by atoms with Crippen molar-refractivity contribution in [3.63, 3.8) is 0 Å². The summed E-state index contributed by atoms with van der Waals surface area (Å²) in [5, 5.41) is 0. The minimum Gasteiger partial charge on any atom is -0.338 e. The Morgan fingerprint density at radius 2 is 1.85 bits per heavy atom. The number of aromatic nitrogens is 2. The fourth-order valence-electron chi connectivity index (χ4n) is 3.03. The highest BCUT2D eigenvalue weighted by molar-refractivity contribution is 5.32. The van der Waals surface area contributed by atoms with Crippen molar-refractivity contribution in [2.45, 2.75) is 38.1 Å². The fourth-order valence-corrected chi connectivity index (χ4v) is 3.03. The zero-order chi connectivity index (χ0) is 13.6. The molecule has 0 saturated carbocycles. The van der Waals surface area contributed by atoms with E-state index in [-0.39, 0.29) is 0 Å². The van der Waals surface area contributed by atoms with Crippen molar-refractivity contribution < 1.29 is 0 Å². The van der Waals surface area contributed by atoms with Crippen LogP contribution in [0.1, 0.15) is 31.2 Å². The van der Waals surface area contributed by atoms with Crippen LogP contribution in [0.3, 0.4) is 0 Å². The van der Waals surface area contributed by atoms with E-state index in [0.29, 0.717) is 6.04 Å². The summed E-state index contributed by atoms with van der Waals surface area (Å²) in [7, 11) is 0. The topological polar surface area (TPSA) is 29.0 Å². The summed E-state index contributed by atoms with van der Waals surface area (Å²) >= 11 is 0. The maximum Gasteiger partial charge on any atom is 0.225 e. The molecular formula is C17H21N3. The molecule has 1 atom stereocenters. The van der Waals surface area contributed by atoms with Crippen LogP contribution in [0.5, 0.6) is 0 Å². The predicted molar refractivity (Wildman–Crippen MR) is 81.8 cm³/mol. The molecule has 0 bridgehead atoms. The van der Waals surface area contributed by atoms with Crippen LogP contribution in [0.2, 0.25) is 0 Å². The highest BCUT2D eigenvalue weighted by atomic mass is 15.3. The van der Waals surface area contributed by atoms with Crippen molar-refractivity contribution in [1.29, 1.82) is 0 Å². The van der Waals surface area contributed by atoms with Crippen molar-refractivity contribution in [2.75, 3.05) is 11.4 Å². The van der Waals surface area contributed by atoms with Gasteiger partial charge in [-0.25, -0.2) is 9.97 Å². The quantitative estimate of drug-likeness (QED) is 0.830. The minimum absolute atomic E-state index is 0.612. The molecule has 3 rings (SSSR count). The van der Waals surface area contributed by atoms with Crippen LogP contribution in [0, 0.1) is 0 Å². The monoisotopic (exact) mass is 267 g/mol. The first-order chi connectivity index (χ1) is 9.93. The first kappa shape index (κ1) is 13.1. The van der Waals surface area contributed by atoms with Gasteiger partial charge in [0.25, 0.3) is 0 Å². The smallest absolute Gasteiger partial charge is 0.225 e. The molecule has 1 fully saturated rings. The Kier molecular flexibility index (Phi) is 4.26. The Balaban J connectivity index is 1.54. The Bertz CT molecular complexity index is 512. The average Bonchev–Trinajstić information content (AvgIpc) is 2.98. The Morgan fingerprint density at radius 3 is 2.65 bits per heavy atom. The van der Waals surface area contributed by atoms with Crippen molar-refractivity contribution in [2.24, 2.45) is 0 Å². The summed E-state index contributed by atoms with van der Waals surface area (Å²) in [6.07, 6.45) is 9.83. The summed E-state index contributed by atoms with van der Waals surface area (Å²) in [5.41, 5.74) is 1.44. The predicted octanol–water partition coefficient (Wildman–Crippen LogP) is 3.47. The molecule has 2 heterocycles. The van der Waals surface area contributed by atoms with Gasteiger partial charge in [-0.15, -0.1) is 0 Å². The molecule has 1 aliphatic heterocycles. The van der Waals surface area contributed by atoms with Gasteiger partial charge in [-0.2, -0.15) is 0 Å². The van der Waals surface area contributed by atoms with E-state index in [2.05, 4.69) is 45.2 Å². The lowest BCUT2D eigenvalue weighted by Crippen LogP contribution is -2.30. The highest BCUT2D eigenvalue weighted by Crippen LogP contribution is 2.25. The largest absolute Gasteiger partial charge is 0.338 e. The molecule has 1 unspecified atom stereocenters. The van der Waals surface area contributed by atoms with Crippen LogP contribution in [0.25, 0.3) is 0 Å². The van der Waals surface area contributed by atoms with E-state index < -0.39 is 0 Å². The molecule has 3 nitrogen and oxygen atoms in total.